The molecular weight excluding hydrogens is 538 g/mol. The van der Waals surface area contributed by atoms with E-state index in [2.05, 4.69) is 4.99 Å². The fourth-order valence-corrected chi connectivity index (χ4v) is 5.59. The number of methoxy groups -OCH3 is 2. The molecule has 1 unspecified atom stereocenters. The Bertz CT molecular complexity index is 1810. The first-order chi connectivity index (χ1) is 19.3. The molecule has 1 aliphatic heterocycles. The summed E-state index contributed by atoms with van der Waals surface area (Å²) in [6.07, 6.45) is 1.71. The molecule has 0 fully saturated rings. The smallest absolute Gasteiger partial charge is 0.338 e. The highest BCUT2D eigenvalue weighted by Crippen LogP contribution is 2.30. The second-order valence-corrected chi connectivity index (χ2v) is 9.93. The minimum Gasteiger partial charge on any atom is -0.496 e. The van der Waals surface area contributed by atoms with Gasteiger partial charge in [0.25, 0.3) is 5.56 Å². The largest absolute Gasteiger partial charge is 0.496 e. The Hall–Kier alpha value is -4.57. The maximum atomic E-state index is 14.1. The lowest BCUT2D eigenvalue weighted by atomic mass is 9.96. The molecule has 0 saturated heterocycles. The monoisotopic (exact) mass is 562 g/mol. The van der Waals surface area contributed by atoms with Crippen molar-refractivity contribution in [1.82, 2.24) is 4.57 Å². The average Bonchev–Trinajstić information content (AvgIpc) is 3.25. The van der Waals surface area contributed by atoms with E-state index >= 15 is 0 Å². The Morgan fingerprint density at radius 3 is 2.50 bits per heavy atom. The van der Waals surface area contributed by atoms with Gasteiger partial charge in [-0.2, -0.15) is 0 Å². The van der Waals surface area contributed by atoms with Gasteiger partial charge in [-0.15, -0.1) is 0 Å². The molecule has 0 amide bonds. The Balaban J connectivity index is 1.56. The number of carbonyl (C=O) groups is 1. The summed E-state index contributed by atoms with van der Waals surface area (Å²) < 4.78 is 45.3. The Kier molecular flexibility index (Phi) is 7.61. The molecule has 0 radical (unpaired) electrons. The van der Waals surface area contributed by atoms with Crippen molar-refractivity contribution in [2.24, 2.45) is 4.99 Å². The van der Waals surface area contributed by atoms with Crippen LogP contribution in [-0.2, 0) is 16.1 Å². The van der Waals surface area contributed by atoms with Crippen molar-refractivity contribution < 1.29 is 27.8 Å². The zero-order chi connectivity index (χ0) is 28.4. The highest BCUT2D eigenvalue weighted by atomic mass is 32.1. The van der Waals surface area contributed by atoms with Gasteiger partial charge in [0.05, 0.1) is 36.1 Å². The van der Waals surface area contributed by atoms with E-state index in [1.54, 1.807) is 31.2 Å². The molecule has 0 aliphatic carbocycles. The second kappa shape index (κ2) is 11.3. The Labute approximate surface area is 231 Å². The molecular formula is C30H24F2N2O5S. The molecule has 40 heavy (non-hydrogen) atoms. The summed E-state index contributed by atoms with van der Waals surface area (Å²) in [6.45, 7) is 1.67. The third-order valence-electron chi connectivity index (χ3n) is 6.42. The van der Waals surface area contributed by atoms with E-state index in [1.165, 1.54) is 36.2 Å². The number of halogens is 2. The van der Waals surface area contributed by atoms with Gasteiger partial charge in [0.15, 0.2) is 16.4 Å². The van der Waals surface area contributed by atoms with Crippen LogP contribution in [0.15, 0.2) is 87.8 Å². The fraction of sp³-hybridized carbons (Fsp3) is 0.167. The number of fused-ring (bicyclic) bond motifs is 1. The second-order valence-electron chi connectivity index (χ2n) is 8.92. The minimum absolute atomic E-state index is 0.0512. The fourth-order valence-electron chi connectivity index (χ4n) is 4.54. The van der Waals surface area contributed by atoms with Crippen molar-refractivity contribution in [3.63, 3.8) is 0 Å². The molecule has 0 saturated carbocycles. The van der Waals surface area contributed by atoms with Gasteiger partial charge in [0.2, 0.25) is 0 Å². The number of esters is 1. The number of nitrogens with zero attached hydrogens (tertiary/aromatic N) is 2. The van der Waals surface area contributed by atoms with Crippen LogP contribution in [0.1, 0.15) is 29.7 Å². The number of hydrogen-bond donors (Lipinski definition) is 0. The Morgan fingerprint density at radius 2 is 1.80 bits per heavy atom. The van der Waals surface area contributed by atoms with Gasteiger partial charge >= 0.3 is 5.97 Å². The van der Waals surface area contributed by atoms with Crippen molar-refractivity contribution in [2.75, 3.05) is 14.2 Å². The van der Waals surface area contributed by atoms with E-state index in [1.807, 2.05) is 30.3 Å². The first kappa shape index (κ1) is 27.0. The topological polar surface area (TPSA) is 79.1 Å². The van der Waals surface area contributed by atoms with Crippen molar-refractivity contribution in [3.05, 3.63) is 126 Å². The number of allylic oxidation sites excluding steroid dienone is 1. The summed E-state index contributed by atoms with van der Waals surface area (Å²) in [5, 5.41) is 0. The quantitative estimate of drug-likeness (QED) is 0.315. The number of benzene rings is 3. The molecule has 2 heterocycles. The van der Waals surface area contributed by atoms with Gasteiger partial charge in [-0.3, -0.25) is 9.36 Å². The van der Waals surface area contributed by atoms with E-state index in [9.17, 15) is 18.4 Å². The third-order valence-corrected chi connectivity index (χ3v) is 7.40. The molecule has 1 atom stereocenters. The van der Waals surface area contributed by atoms with Gasteiger partial charge in [-0.05, 0) is 48.4 Å². The summed E-state index contributed by atoms with van der Waals surface area (Å²) >= 11 is 1.20. The zero-order valence-electron chi connectivity index (χ0n) is 21.8. The van der Waals surface area contributed by atoms with Gasteiger partial charge in [-0.1, -0.05) is 47.7 Å². The lowest BCUT2D eigenvalue weighted by Crippen LogP contribution is -2.39. The lowest BCUT2D eigenvalue weighted by molar-refractivity contribution is -0.136. The predicted octanol–water partition coefficient (Wildman–Crippen LogP) is 4.27. The molecule has 1 aliphatic rings. The summed E-state index contributed by atoms with van der Waals surface area (Å²) in [5.74, 6) is -1.66. The normalized spacial score (nSPS) is 14.9. The van der Waals surface area contributed by atoms with Crippen LogP contribution in [0.2, 0.25) is 0 Å². The molecule has 10 heteroatoms. The van der Waals surface area contributed by atoms with Crippen molar-refractivity contribution in [3.8, 4) is 11.5 Å². The standard InChI is InChI=1S/C30H24F2N2O5S/c1-17-26(29(36)38-3)27(19-7-5-4-6-8-19)34-28(35)25(40-30(34)33-17)14-18-9-11-23(37-2)20(13-18)16-39-24-12-10-21(31)15-22(24)32/h4-15,27H,16H2,1-3H3/b25-14+. The van der Waals surface area contributed by atoms with Crippen LogP contribution >= 0.6 is 11.3 Å². The molecule has 4 aromatic rings. The van der Waals surface area contributed by atoms with E-state index in [0.29, 0.717) is 37.5 Å². The summed E-state index contributed by atoms with van der Waals surface area (Å²) in [7, 11) is 2.80. The lowest BCUT2D eigenvalue weighted by Gasteiger charge is -2.24. The minimum atomic E-state index is -0.814. The molecule has 7 nitrogen and oxygen atoms in total. The van der Waals surface area contributed by atoms with Crippen LogP contribution in [0.25, 0.3) is 6.08 Å². The van der Waals surface area contributed by atoms with Crippen LogP contribution in [0.4, 0.5) is 8.78 Å². The molecule has 1 aromatic heterocycles. The van der Waals surface area contributed by atoms with Crippen LogP contribution in [0.5, 0.6) is 11.5 Å². The van der Waals surface area contributed by atoms with Crippen LogP contribution in [-0.4, -0.2) is 24.8 Å². The highest BCUT2D eigenvalue weighted by molar-refractivity contribution is 7.07. The molecule has 0 bridgehead atoms. The van der Waals surface area contributed by atoms with Gasteiger partial charge in [0.1, 0.15) is 18.2 Å². The summed E-state index contributed by atoms with van der Waals surface area (Å²) in [6, 6.07) is 16.9. The number of aromatic nitrogens is 1. The molecule has 0 spiro atoms. The van der Waals surface area contributed by atoms with E-state index in [-0.39, 0.29) is 17.9 Å². The van der Waals surface area contributed by atoms with E-state index < -0.39 is 23.6 Å². The summed E-state index contributed by atoms with van der Waals surface area (Å²) in [5.41, 5.74) is 2.48. The zero-order valence-corrected chi connectivity index (χ0v) is 22.6. The number of ether oxygens (including phenoxy) is 3. The van der Waals surface area contributed by atoms with Crippen molar-refractivity contribution >= 4 is 23.4 Å². The molecule has 5 rings (SSSR count). The Morgan fingerprint density at radius 1 is 1.05 bits per heavy atom. The van der Waals surface area contributed by atoms with Gasteiger partial charge in [-0.25, -0.2) is 18.6 Å². The first-order valence-corrected chi connectivity index (χ1v) is 13.0. The molecule has 0 N–H and O–H groups in total. The van der Waals surface area contributed by atoms with E-state index in [4.69, 9.17) is 14.2 Å². The maximum absolute atomic E-state index is 14.1. The first-order valence-electron chi connectivity index (χ1n) is 12.2. The maximum Gasteiger partial charge on any atom is 0.338 e. The predicted molar refractivity (Wildman–Crippen MR) is 146 cm³/mol. The van der Waals surface area contributed by atoms with Crippen LogP contribution < -0.4 is 24.4 Å². The van der Waals surface area contributed by atoms with Crippen molar-refractivity contribution in [2.45, 2.75) is 19.6 Å². The number of hydrogen-bond acceptors (Lipinski definition) is 7. The summed E-state index contributed by atoms with van der Waals surface area (Å²) in [4.78, 5) is 31.5. The SMILES string of the molecule is COC(=O)C1=C(C)N=c2s/c(=C/c3ccc(OC)c(COc4ccc(F)cc4F)c3)c(=O)n2C1c1ccccc1. The third kappa shape index (κ3) is 5.17. The number of rotatable bonds is 7. The van der Waals surface area contributed by atoms with Gasteiger partial charge < -0.3 is 14.2 Å². The number of thiazole rings is 1. The molecule has 3 aromatic carbocycles. The van der Waals surface area contributed by atoms with Crippen LogP contribution in [0, 0.1) is 11.6 Å². The van der Waals surface area contributed by atoms with Gasteiger partial charge in [0, 0.05) is 11.6 Å². The van der Waals surface area contributed by atoms with E-state index in [0.717, 1.165) is 17.7 Å². The molecule has 204 valence electrons. The van der Waals surface area contributed by atoms with Crippen LogP contribution in [0.3, 0.4) is 0 Å². The number of carbonyl (C=O) groups excluding carboxylic acids is 1. The van der Waals surface area contributed by atoms with Crippen molar-refractivity contribution in [1.29, 1.82) is 0 Å². The average molecular weight is 563 g/mol. The highest BCUT2D eigenvalue weighted by Gasteiger charge is 2.32.